The van der Waals surface area contributed by atoms with Crippen molar-refractivity contribution in [2.24, 2.45) is 0 Å². The lowest BCUT2D eigenvalue weighted by atomic mass is 10.1. The Morgan fingerprint density at radius 2 is 2.15 bits per heavy atom. The van der Waals surface area contributed by atoms with Gasteiger partial charge >= 0.3 is 0 Å². The zero-order valence-electron chi connectivity index (χ0n) is 14.9. The summed E-state index contributed by atoms with van der Waals surface area (Å²) in [4.78, 5) is 18.7. The van der Waals surface area contributed by atoms with Crippen LogP contribution in [0.25, 0.3) is 0 Å². The van der Waals surface area contributed by atoms with Gasteiger partial charge in [0.25, 0.3) is 0 Å². The number of hydrogen-bond donors (Lipinski definition) is 1. The van der Waals surface area contributed by atoms with Gasteiger partial charge in [0.05, 0.1) is 31.0 Å². The number of amides is 1. The van der Waals surface area contributed by atoms with Crippen LogP contribution in [0, 0.1) is 0 Å². The number of halogens is 1. The maximum absolute atomic E-state index is 12.3. The summed E-state index contributed by atoms with van der Waals surface area (Å²) in [7, 11) is 0. The van der Waals surface area contributed by atoms with E-state index in [1.807, 2.05) is 49.4 Å². The molecule has 1 aliphatic heterocycles. The van der Waals surface area contributed by atoms with Gasteiger partial charge in [-0.25, -0.2) is 0 Å². The summed E-state index contributed by atoms with van der Waals surface area (Å²) in [6, 6.07) is 13.8. The van der Waals surface area contributed by atoms with E-state index in [4.69, 9.17) is 4.74 Å². The van der Waals surface area contributed by atoms with E-state index in [-0.39, 0.29) is 18.1 Å². The standard InChI is InChI=1S/C20H24BrN3O2/c1-15(16-5-7-17(21)8-6-16)23-20(25)13-24-11-9-19(12-24)26-14-18-4-2-3-10-22-18/h2-8,10,15,19H,9,11-14H2,1H3,(H,23,25)/t15-,19-/m1/s1. The van der Waals surface area contributed by atoms with E-state index >= 15 is 0 Å². The minimum atomic E-state index is -0.00518. The van der Waals surface area contributed by atoms with Crippen LogP contribution in [0.1, 0.15) is 30.6 Å². The van der Waals surface area contributed by atoms with Crippen molar-refractivity contribution >= 4 is 21.8 Å². The van der Waals surface area contributed by atoms with E-state index in [1.165, 1.54) is 0 Å². The van der Waals surface area contributed by atoms with Crippen LogP contribution in [-0.2, 0) is 16.1 Å². The molecule has 0 aliphatic carbocycles. The normalized spacial score (nSPS) is 18.6. The van der Waals surface area contributed by atoms with Crippen LogP contribution in [0.15, 0.2) is 53.1 Å². The summed E-state index contributed by atoms with van der Waals surface area (Å²) < 4.78 is 6.96. The van der Waals surface area contributed by atoms with Gasteiger partial charge in [-0.05, 0) is 43.2 Å². The molecule has 6 heteroatoms. The maximum atomic E-state index is 12.3. The monoisotopic (exact) mass is 417 g/mol. The highest BCUT2D eigenvalue weighted by molar-refractivity contribution is 9.10. The van der Waals surface area contributed by atoms with Crippen molar-refractivity contribution < 1.29 is 9.53 Å². The molecule has 2 aromatic rings. The topological polar surface area (TPSA) is 54.5 Å². The molecule has 2 heterocycles. The van der Waals surface area contributed by atoms with Crippen molar-refractivity contribution in [1.82, 2.24) is 15.2 Å². The molecule has 138 valence electrons. The molecule has 0 unspecified atom stereocenters. The van der Waals surface area contributed by atoms with Crippen LogP contribution >= 0.6 is 15.9 Å². The number of aromatic nitrogens is 1. The zero-order chi connectivity index (χ0) is 18.4. The van der Waals surface area contributed by atoms with E-state index < -0.39 is 0 Å². The predicted molar refractivity (Wildman–Crippen MR) is 105 cm³/mol. The first kappa shape index (κ1) is 19.0. The van der Waals surface area contributed by atoms with Gasteiger partial charge in [-0.3, -0.25) is 14.7 Å². The lowest BCUT2D eigenvalue weighted by Crippen LogP contribution is -2.37. The predicted octanol–water partition coefficient (Wildman–Crippen LogP) is 3.31. The highest BCUT2D eigenvalue weighted by Crippen LogP contribution is 2.17. The quantitative estimate of drug-likeness (QED) is 0.750. The first-order valence-electron chi connectivity index (χ1n) is 8.89. The summed E-state index contributed by atoms with van der Waals surface area (Å²) >= 11 is 3.43. The average molecular weight is 418 g/mol. The molecule has 1 N–H and O–H groups in total. The number of carbonyl (C=O) groups is 1. The second kappa shape index (κ2) is 9.26. The largest absolute Gasteiger partial charge is 0.371 e. The zero-order valence-corrected chi connectivity index (χ0v) is 16.5. The Morgan fingerprint density at radius 1 is 1.35 bits per heavy atom. The highest BCUT2D eigenvalue weighted by Gasteiger charge is 2.25. The van der Waals surface area contributed by atoms with E-state index in [0.29, 0.717) is 13.2 Å². The second-order valence-corrected chi connectivity index (χ2v) is 7.53. The molecule has 2 atom stereocenters. The van der Waals surface area contributed by atoms with Crippen LogP contribution in [0.3, 0.4) is 0 Å². The molecule has 0 saturated carbocycles. The van der Waals surface area contributed by atoms with Gasteiger partial charge in [0.1, 0.15) is 0 Å². The van der Waals surface area contributed by atoms with Crippen LogP contribution in [0.2, 0.25) is 0 Å². The summed E-state index contributed by atoms with van der Waals surface area (Å²) in [6.45, 7) is 4.60. The molecule has 0 bridgehead atoms. The van der Waals surface area contributed by atoms with Crippen molar-refractivity contribution in [2.45, 2.75) is 32.1 Å². The van der Waals surface area contributed by atoms with Crippen molar-refractivity contribution in [2.75, 3.05) is 19.6 Å². The number of likely N-dealkylation sites (tertiary alicyclic amines) is 1. The van der Waals surface area contributed by atoms with Crippen molar-refractivity contribution in [3.05, 3.63) is 64.4 Å². The second-order valence-electron chi connectivity index (χ2n) is 6.62. The van der Waals surface area contributed by atoms with Crippen LogP contribution in [-0.4, -0.2) is 41.5 Å². The van der Waals surface area contributed by atoms with Gasteiger partial charge in [-0.15, -0.1) is 0 Å². The molecular formula is C20H24BrN3O2. The van der Waals surface area contributed by atoms with Gasteiger partial charge in [-0.2, -0.15) is 0 Å². The fourth-order valence-electron chi connectivity index (χ4n) is 3.09. The van der Waals surface area contributed by atoms with E-state index in [1.54, 1.807) is 6.20 Å². The molecule has 1 aromatic heterocycles. The first-order valence-corrected chi connectivity index (χ1v) is 9.68. The smallest absolute Gasteiger partial charge is 0.234 e. The first-order chi connectivity index (χ1) is 12.6. The Morgan fingerprint density at radius 3 is 2.88 bits per heavy atom. The molecule has 1 amide bonds. The third kappa shape index (κ3) is 5.62. The van der Waals surface area contributed by atoms with Gasteiger partial charge in [0.15, 0.2) is 0 Å². The molecule has 1 saturated heterocycles. The van der Waals surface area contributed by atoms with Crippen LogP contribution in [0.4, 0.5) is 0 Å². The number of ether oxygens (including phenoxy) is 1. The van der Waals surface area contributed by atoms with Crippen molar-refractivity contribution in [3.8, 4) is 0 Å². The Labute approximate surface area is 162 Å². The molecule has 5 nitrogen and oxygen atoms in total. The Bertz CT molecular complexity index is 709. The van der Waals surface area contributed by atoms with Gasteiger partial charge in [0, 0.05) is 23.8 Å². The molecular weight excluding hydrogens is 394 g/mol. The minimum Gasteiger partial charge on any atom is -0.371 e. The van der Waals surface area contributed by atoms with E-state index in [0.717, 1.165) is 35.2 Å². The lowest BCUT2D eigenvalue weighted by Gasteiger charge is -2.19. The summed E-state index contributed by atoms with van der Waals surface area (Å²) in [5.74, 6) is 0.0470. The van der Waals surface area contributed by atoms with Gasteiger partial charge in [0.2, 0.25) is 5.91 Å². The molecule has 1 aliphatic rings. The molecule has 1 aromatic carbocycles. The Balaban J connectivity index is 1.40. The number of nitrogens with one attached hydrogen (secondary N) is 1. The van der Waals surface area contributed by atoms with E-state index in [2.05, 4.69) is 31.1 Å². The molecule has 0 radical (unpaired) electrons. The average Bonchev–Trinajstić information content (AvgIpc) is 3.08. The van der Waals surface area contributed by atoms with Gasteiger partial charge < -0.3 is 10.1 Å². The Kier molecular flexibility index (Phi) is 6.77. The summed E-state index contributed by atoms with van der Waals surface area (Å²) in [5, 5.41) is 3.07. The number of rotatable bonds is 7. The minimum absolute atomic E-state index is 0.00518. The van der Waals surface area contributed by atoms with Crippen LogP contribution < -0.4 is 5.32 Å². The van der Waals surface area contributed by atoms with E-state index in [9.17, 15) is 4.79 Å². The number of nitrogens with zero attached hydrogens (tertiary/aromatic N) is 2. The van der Waals surface area contributed by atoms with Gasteiger partial charge in [-0.1, -0.05) is 34.1 Å². The molecule has 1 fully saturated rings. The lowest BCUT2D eigenvalue weighted by molar-refractivity contribution is -0.122. The SMILES string of the molecule is C[C@@H](NC(=O)CN1CC[C@@H](OCc2ccccn2)C1)c1ccc(Br)cc1. The molecule has 26 heavy (non-hydrogen) atoms. The van der Waals surface area contributed by atoms with Crippen molar-refractivity contribution in [1.29, 1.82) is 0 Å². The maximum Gasteiger partial charge on any atom is 0.234 e. The molecule has 3 rings (SSSR count). The number of hydrogen-bond acceptors (Lipinski definition) is 4. The molecule has 0 spiro atoms. The van der Waals surface area contributed by atoms with Crippen molar-refractivity contribution in [3.63, 3.8) is 0 Å². The third-order valence-corrected chi connectivity index (χ3v) is 5.07. The number of benzene rings is 1. The highest BCUT2D eigenvalue weighted by atomic mass is 79.9. The fourth-order valence-corrected chi connectivity index (χ4v) is 3.35. The Hall–Kier alpha value is -1.76. The fraction of sp³-hybridized carbons (Fsp3) is 0.400. The van der Waals surface area contributed by atoms with Crippen LogP contribution in [0.5, 0.6) is 0 Å². The number of pyridine rings is 1. The third-order valence-electron chi connectivity index (χ3n) is 4.54. The number of carbonyl (C=O) groups excluding carboxylic acids is 1. The summed E-state index contributed by atoms with van der Waals surface area (Å²) in [5.41, 5.74) is 2.03. The summed E-state index contributed by atoms with van der Waals surface area (Å²) in [6.07, 6.45) is 2.88.